The molecule has 0 spiro atoms. The Morgan fingerprint density at radius 2 is 2.25 bits per heavy atom. The minimum Gasteiger partial charge on any atom is -0.394 e. The van der Waals surface area contributed by atoms with E-state index in [1.807, 2.05) is 0 Å². The molecule has 2 N–H and O–H groups in total. The molecule has 0 aliphatic carbocycles. The van der Waals surface area contributed by atoms with Crippen LogP contribution in [0, 0.1) is 0 Å². The highest BCUT2D eigenvalue weighted by molar-refractivity contribution is 4.96. The third kappa shape index (κ3) is 1.47. The predicted molar refractivity (Wildman–Crippen MR) is 42.7 cm³/mol. The van der Waals surface area contributed by atoms with Gasteiger partial charge in [-0.1, -0.05) is 6.92 Å². The van der Waals surface area contributed by atoms with Crippen molar-refractivity contribution in [3.8, 4) is 0 Å². The lowest BCUT2D eigenvalue weighted by Gasteiger charge is -2.35. The maximum Gasteiger partial charge on any atom is 0.113 e. The van der Waals surface area contributed by atoms with E-state index < -0.39 is 0 Å². The highest BCUT2D eigenvalue weighted by Crippen LogP contribution is 2.34. The lowest BCUT2D eigenvalue weighted by Crippen LogP contribution is -2.49. The summed E-state index contributed by atoms with van der Waals surface area (Å²) in [5, 5.41) is 11.9. The summed E-state index contributed by atoms with van der Waals surface area (Å²) in [5.41, 5.74) is 0. The Hall–Kier alpha value is -0.160. The predicted octanol–water partition coefficient (Wildman–Crippen LogP) is -0.529. The van der Waals surface area contributed by atoms with E-state index in [2.05, 4.69) is 12.2 Å². The molecule has 2 fully saturated rings. The van der Waals surface area contributed by atoms with Crippen LogP contribution in [0.2, 0.25) is 0 Å². The number of hydrogen-bond acceptors (Lipinski definition) is 4. The van der Waals surface area contributed by atoms with Crippen LogP contribution in [0.25, 0.3) is 0 Å². The minimum absolute atomic E-state index is 0.0394. The van der Waals surface area contributed by atoms with E-state index in [9.17, 15) is 0 Å². The molecule has 2 saturated heterocycles. The fraction of sp³-hybridized carbons (Fsp3) is 1.00. The van der Waals surface area contributed by atoms with Gasteiger partial charge in [-0.15, -0.1) is 0 Å². The fourth-order valence-electron chi connectivity index (χ4n) is 1.61. The average molecular weight is 173 g/mol. The van der Waals surface area contributed by atoms with Gasteiger partial charge in [-0.2, -0.15) is 0 Å². The zero-order chi connectivity index (χ0) is 8.55. The lowest BCUT2D eigenvalue weighted by molar-refractivity contribution is -0.147. The van der Waals surface area contributed by atoms with Crippen LogP contribution in [0.1, 0.15) is 13.3 Å². The minimum atomic E-state index is 0.0394. The highest BCUT2D eigenvalue weighted by atomic mass is 16.6. The van der Waals surface area contributed by atoms with Crippen LogP contribution in [-0.2, 0) is 9.47 Å². The maximum atomic E-state index is 8.72. The number of aliphatic hydroxyl groups excluding tert-OH is 1. The second-order valence-corrected chi connectivity index (χ2v) is 3.28. The highest BCUT2D eigenvalue weighted by Gasteiger charge is 2.50. The van der Waals surface area contributed by atoms with E-state index in [1.54, 1.807) is 0 Å². The zero-order valence-corrected chi connectivity index (χ0v) is 7.19. The number of nitrogens with one attached hydrogen (secondary N) is 1. The summed E-state index contributed by atoms with van der Waals surface area (Å²) in [6.07, 6.45) is 1.63. The maximum absolute atomic E-state index is 8.72. The van der Waals surface area contributed by atoms with Crippen molar-refractivity contribution in [2.24, 2.45) is 0 Å². The van der Waals surface area contributed by atoms with Gasteiger partial charge in [0, 0.05) is 6.42 Å². The Morgan fingerprint density at radius 3 is 2.75 bits per heavy atom. The molecule has 0 aromatic rings. The molecule has 2 heterocycles. The van der Waals surface area contributed by atoms with Crippen LogP contribution in [0.15, 0.2) is 0 Å². The van der Waals surface area contributed by atoms with Crippen molar-refractivity contribution in [2.45, 2.75) is 37.9 Å². The number of hydrogen-bond donors (Lipinski definition) is 2. The van der Waals surface area contributed by atoms with E-state index in [1.165, 1.54) is 0 Å². The van der Waals surface area contributed by atoms with Crippen molar-refractivity contribution >= 4 is 0 Å². The van der Waals surface area contributed by atoms with Crippen molar-refractivity contribution in [2.75, 3.05) is 13.2 Å². The van der Waals surface area contributed by atoms with Gasteiger partial charge in [0.2, 0.25) is 0 Å². The van der Waals surface area contributed by atoms with Gasteiger partial charge in [-0.25, -0.2) is 0 Å². The van der Waals surface area contributed by atoms with E-state index in [0.29, 0.717) is 0 Å². The fourth-order valence-corrected chi connectivity index (χ4v) is 1.61. The average Bonchev–Trinajstić information content (AvgIpc) is 2.74. The van der Waals surface area contributed by atoms with Crippen LogP contribution >= 0.6 is 0 Å². The molecule has 0 saturated carbocycles. The third-order valence-electron chi connectivity index (χ3n) is 2.39. The molecular formula is C8H15NO3. The van der Waals surface area contributed by atoms with E-state index in [-0.39, 0.29) is 31.1 Å². The zero-order valence-electron chi connectivity index (χ0n) is 7.19. The molecule has 4 atom stereocenters. The van der Waals surface area contributed by atoms with Gasteiger partial charge >= 0.3 is 0 Å². The van der Waals surface area contributed by atoms with Gasteiger partial charge in [0.15, 0.2) is 0 Å². The van der Waals surface area contributed by atoms with Crippen LogP contribution < -0.4 is 5.32 Å². The summed E-state index contributed by atoms with van der Waals surface area (Å²) in [7, 11) is 0. The van der Waals surface area contributed by atoms with Crippen molar-refractivity contribution < 1.29 is 14.6 Å². The number of epoxide rings is 1. The van der Waals surface area contributed by atoms with Crippen molar-refractivity contribution in [3.05, 3.63) is 0 Å². The summed E-state index contributed by atoms with van der Waals surface area (Å²) in [4.78, 5) is 0. The SMILES string of the molecule is CCNC1CC(C2OC2CO)O1. The number of rotatable bonds is 4. The van der Waals surface area contributed by atoms with E-state index in [0.717, 1.165) is 13.0 Å². The Labute approximate surface area is 71.9 Å². The summed E-state index contributed by atoms with van der Waals surface area (Å²) >= 11 is 0. The summed E-state index contributed by atoms with van der Waals surface area (Å²) < 4.78 is 10.7. The first-order valence-electron chi connectivity index (χ1n) is 4.50. The van der Waals surface area contributed by atoms with Gasteiger partial charge < -0.3 is 14.6 Å². The molecule has 0 amide bonds. The molecule has 4 heteroatoms. The van der Waals surface area contributed by atoms with Gasteiger partial charge in [-0.05, 0) is 6.54 Å². The monoisotopic (exact) mass is 173 g/mol. The molecule has 0 aromatic heterocycles. The number of aliphatic hydroxyl groups is 1. The number of ether oxygens (including phenoxy) is 2. The molecule has 0 radical (unpaired) electrons. The molecule has 12 heavy (non-hydrogen) atoms. The summed E-state index contributed by atoms with van der Waals surface area (Å²) in [6.45, 7) is 3.11. The van der Waals surface area contributed by atoms with E-state index in [4.69, 9.17) is 14.6 Å². The smallest absolute Gasteiger partial charge is 0.113 e. The third-order valence-corrected chi connectivity index (χ3v) is 2.39. The van der Waals surface area contributed by atoms with Crippen molar-refractivity contribution in [1.29, 1.82) is 0 Å². The van der Waals surface area contributed by atoms with Crippen LogP contribution in [0.5, 0.6) is 0 Å². The van der Waals surface area contributed by atoms with Gasteiger partial charge in [0.25, 0.3) is 0 Å². The van der Waals surface area contributed by atoms with Gasteiger partial charge in [0.05, 0.1) is 12.7 Å². The van der Waals surface area contributed by atoms with Crippen LogP contribution in [0.3, 0.4) is 0 Å². The lowest BCUT2D eigenvalue weighted by atomic mass is 10.1. The Balaban J connectivity index is 1.63. The normalized spacial score (nSPS) is 45.5. The molecular weight excluding hydrogens is 158 g/mol. The van der Waals surface area contributed by atoms with Gasteiger partial charge in [0.1, 0.15) is 18.4 Å². The Morgan fingerprint density at radius 1 is 1.50 bits per heavy atom. The molecule has 4 nitrogen and oxygen atoms in total. The first-order valence-corrected chi connectivity index (χ1v) is 4.50. The largest absolute Gasteiger partial charge is 0.394 e. The molecule has 2 rings (SSSR count). The van der Waals surface area contributed by atoms with Crippen LogP contribution in [0.4, 0.5) is 0 Å². The van der Waals surface area contributed by atoms with Gasteiger partial charge in [-0.3, -0.25) is 5.32 Å². The standard InChI is InChI=1S/C8H15NO3/c1-2-9-7-3-5(11-7)8-6(4-10)12-8/h5-10H,2-4H2,1H3. The molecule has 2 aliphatic heterocycles. The molecule has 4 unspecified atom stereocenters. The molecule has 2 aliphatic rings. The molecule has 70 valence electrons. The second kappa shape index (κ2) is 3.30. The van der Waals surface area contributed by atoms with Crippen LogP contribution in [-0.4, -0.2) is 42.8 Å². The quantitative estimate of drug-likeness (QED) is 0.561. The van der Waals surface area contributed by atoms with Crippen molar-refractivity contribution in [1.82, 2.24) is 5.32 Å². The Bertz CT molecular complexity index is 158. The summed E-state index contributed by atoms with van der Waals surface area (Å²) in [5.74, 6) is 0. The Kier molecular flexibility index (Phi) is 2.32. The first kappa shape index (κ1) is 8.44. The molecule has 0 bridgehead atoms. The first-order chi connectivity index (χ1) is 5.85. The topological polar surface area (TPSA) is 54.0 Å². The van der Waals surface area contributed by atoms with Crippen molar-refractivity contribution in [3.63, 3.8) is 0 Å². The van der Waals surface area contributed by atoms with E-state index >= 15 is 0 Å². The molecule has 0 aromatic carbocycles. The summed E-state index contributed by atoms with van der Waals surface area (Å²) in [6, 6.07) is 0. The second-order valence-electron chi connectivity index (χ2n) is 3.28.